The van der Waals surface area contributed by atoms with Gasteiger partial charge in [-0.2, -0.15) is 0 Å². The Hall–Kier alpha value is -2.11. The zero-order chi connectivity index (χ0) is 12.6. The van der Waals surface area contributed by atoms with Crippen LogP contribution in [0.3, 0.4) is 0 Å². The van der Waals surface area contributed by atoms with Crippen LogP contribution < -0.4 is 4.74 Å². The molecule has 1 aliphatic heterocycles. The number of hydroxylamine groups is 1. The van der Waals surface area contributed by atoms with Crippen molar-refractivity contribution in [1.82, 2.24) is 0 Å². The van der Waals surface area contributed by atoms with Crippen molar-refractivity contribution in [3.63, 3.8) is 0 Å². The van der Waals surface area contributed by atoms with E-state index >= 15 is 0 Å². The van der Waals surface area contributed by atoms with E-state index in [1.807, 2.05) is 0 Å². The summed E-state index contributed by atoms with van der Waals surface area (Å²) in [6.07, 6.45) is -1.19. The highest BCUT2D eigenvalue weighted by Crippen LogP contribution is 2.28. The molecule has 17 heavy (non-hydrogen) atoms. The van der Waals surface area contributed by atoms with Gasteiger partial charge in [0, 0.05) is 0 Å². The van der Waals surface area contributed by atoms with Gasteiger partial charge in [-0.15, -0.1) is 0 Å². The average Bonchev–Trinajstić information content (AvgIpc) is 2.27. The van der Waals surface area contributed by atoms with E-state index in [4.69, 9.17) is 9.84 Å². The Kier molecular flexibility index (Phi) is 2.71. The fourth-order valence-electron chi connectivity index (χ4n) is 1.75. The third-order valence-corrected chi connectivity index (χ3v) is 2.56. The highest BCUT2D eigenvalue weighted by molar-refractivity contribution is 6.02. The topological polar surface area (TPSA) is 72.6 Å². The molecule has 0 saturated heterocycles. The van der Waals surface area contributed by atoms with E-state index < -0.39 is 17.9 Å². The van der Waals surface area contributed by atoms with Gasteiger partial charge in [-0.3, -0.25) is 0 Å². The van der Waals surface area contributed by atoms with Gasteiger partial charge in [0.25, 0.3) is 0 Å². The summed E-state index contributed by atoms with van der Waals surface area (Å²) in [6, 6.07) is 3.64. The summed E-state index contributed by atoms with van der Waals surface area (Å²) < 4.78 is 18.8. The first-order valence-corrected chi connectivity index (χ1v) is 4.95. The molecule has 0 saturated carbocycles. The van der Waals surface area contributed by atoms with Crippen molar-refractivity contribution in [2.45, 2.75) is 12.5 Å². The Morgan fingerprint density at radius 3 is 2.94 bits per heavy atom. The first-order valence-electron chi connectivity index (χ1n) is 4.95. The molecule has 0 aliphatic carbocycles. The number of nitrogens with zero attached hydrogens (tertiary/aromatic N) is 1. The minimum atomic E-state index is -1.15. The molecule has 6 heteroatoms. The maximum absolute atomic E-state index is 13.1. The number of aliphatic carboxylic acids is 1. The normalized spacial score (nSPS) is 21.4. The number of carboxylic acids is 1. The van der Waals surface area contributed by atoms with E-state index in [1.54, 1.807) is 0 Å². The van der Waals surface area contributed by atoms with Gasteiger partial charge < -0.3 is 15.1 Å². The Balaban J connectivity index is 2.54. The maximum Gasteiger partial charge on any atom is 0.345 e. The van der Waals surface area contributed by atoms with Crippen LogP contribution in [0.5, 0.6) is 5.75 Å². The van der Waals surface area contributed by atoms with Gasteiger partial charge in [0.1, 0.15) is 18.6 Å². The highest BCUT2D eigenvalue weighted by Gasteiger charge is 2.33. The minimum absolute atomic E-state index is 0.0776. The van der Waals surface area contributed by atoms with Crippen LogP contribution in [0.1, 0.15) is 12.0 Å². The molecule has 1 aromatic rings. The zero-order valence-electron chi connectivity index (χ0n) is 9.01. The van der Waals surface area contributed by atoms with Crippen molar-refractivity contribution in [3.05, 3.63) is 34.8 Å². The smallest absolute Gasteiger partial charge is 0.345 e. The van der Waals surface area contributed by atoms with Crippen LogP contribution >= 0.6 is 0 Å². The summed E-state index contributed by atoms with van der Waals surface area (Å²) in [7, 11) is 1.24. The van der Waals surface area contributed by atoms with E-state index in [0.717, 1.165) is 12.1 Å². The molecule has 0 aromatic heterocycles. The lowest BCUT2D eigenvalue weighted by Crippen LogP contribution is -2.36. The average molecular weight is 239 g/mol. The second kappa shape index (κ2) is 4.04. The molecule has 1 N–H and O–H groups in total. The number of carboxylic acid groups (broad SMARTS) is 1. The van der Waals surface area contributed by atoms with Gasteiger partial charge in [-0.25, -0.2) is 13.9 Å². The van der Waals surface area contributed by atoms with Crippen molar-refractivity contribution >= 4 is 11.7 Å². The standard InChI is InChI=1S/C11H10FNO4/c1-13(16)8-5-10(11(14)15)17-9-3-2-6(12)4-7(8)9/h2-4,10H,5H2,1H3,(H,14,15)/b13-8+/t10-/m0/s1. The Morgan fingerprint density at radius 2 is 2.35 bits per heavy atom. The van der Waals surface area contributed by atoms with Crippen molar-refractivity contribution in [1.29, 1.82) is 0 Å². The molecular formula is C11H10FNO4. The van der Waals surface area contributed by atoms with E-state index in [9.17, 15) is 14.4 Å². The van der Waals surface area contributed by atoms with Gasteiger partial charge in [-0.1, -0.05) is 0 Å². The SMILES string of the molecule is C/[N+]([O-])=C1/C[C@@H](C(=O)O)Oc2ccc(F)cc21. The molecule has 5 nitrogen and oxygen atoms in total. The quantitative estimate of drug-likeness (QED) is 0.450. The molecule has 0 spiro atoms. The summed E-state index contributed by atoms with van der Waals surface area (Å²) in [5.41, 5.74) is 0.512. The Bertz CT molecular complexity index is 508. The molecule has 2 rings (SSSR count). The molecule has 1 atom stereocenters. The molecular weight excluding hydrogens is 229 g/mol. The molecule has 1 aliphatic rings. The van der Waals surface area contributed by atoms with Crippen molar-refractivity contribution in [2.75, 3.05) is 7.05 Å². The van der Waals surface area contributed by atoms with Gasteiger partial charge in [0.05, 0.1) is 12.0 Å². The third kappa shape index (κ3) is 2.06. The molecule has 0 bridgehead atoms. The van der Waals surface area contributed by atoms with Crippen LogP contribution in [0.4, 0.5) is 4.39 Å². The fraction of sp³-hybridized carbons (Fsp3) is 0.273. The zero-order valence-corrected chi connectivity index (χ0v) is 9.01. The van der Waals surface area contributed by atoms with Crippen molar-refractivity contribution in [3.8, 4) is 5.75 Å². The second-order valence-corrected chi connectivity index (χ2v) is 3.73. The van der Waals surface area contributed by atoms with Gasteiger partial charge in [0.15, 0.2) is 0 Å². The van der Waals surface area contributed by atoms with Crippen LogP contribution in [0.25, 0.3) is 0 Å². The van der Waals surface area contributed by atoms with E-state index in [1.165, 1.54) is 13.1 Å². The summed E-state index contributed by atoms with van der Waals surface area (Å²) in [5, 5.41) is 20.2. The van der Waals surface area contributed by atoms with E-state index in [-0.39, 0.29) is 17.9 Å². The second-order valence-electron chi connectivity index (χ2n) is 3.73. The van der Waals surface area contributed by atoms with Crippen molar-refractivity contribution in [2.24, 2.45) is 0 Å². The van der Waals surface area contributed by atoms with Crippen LogP contribution in [-0.4, -0.2) is 34.7 Å². The van der Waals surface area contributed by atoms with E-state index in [0.29, 0.717) is 10.3 Å². The number of carbonyl (C=O) groups is 1. The molecule has 0 radical (unpaired) electrons. The molecule has 90 valence electrons. The lowest BCUT2D eigenvalue weighted by molar-refractivity contribution is -0.424. The predicted molar refractivity (Wildman–Crippen MR) is 56.7 cm³/mol. The largest absolute Gasteiger partial charge is 0.624 e. The molecule has 0 fully saturated rings. The Labute approximate surface area is 96.3 Å². The lowest BCUT2D eigenvalue weighted by Gasteiger charge is -2.23. The van der Waals surface area contributed by atoms with E-state index in [2.05, 4.69) is 0 Å². The van der Waals surface area contributed by atoms with Crippen molar-refractivity contribution < 1.29 is 23.8 Å². The Morgan fingerprint density at radius 1 is 1.65 bits per heavy atom. The van der Waals surface area contributed by atoms with Crippen LogP contribution in [0, 0.1) is 11.0 Å². The number of fused-ring (bicyclic) bond motifs is 1. The monoisotopic (exact) mass is 239 g/mol. The van der Waals surface area contributed by atoms with Crippen LogP contribution in [0.15, 0.2) is 18.2 Å². The summed E-state index contributed by atoms with van der Waals surface area (Å²) in [4.78, 5) is 10.9. The third-order valence-electron chi connectivity index (χ3n) is 2.56. The number of benzene rings is 1. The first kappa shape index (κ1) is 11.4. The van der Waals surface area contributed by atoms with Gasteiger partial charge in [0.2, 0.25) is 11.8 Å². The molecule has 1 aromatic carbocycles. The number of ether oxygens (including phenoxy) is 1. The maximum atomic E-state index is 13.1. The summed E-state index contributed by atoms with van der Waals surface area (Å²) in [6.45, 7) is 0. The fourth-order valence-corrected chi connectivity index (χ4v) is 1.75. The molecule has 1 heterocycles. The first-order chi connectivity index (χ1) is 7.99. The number of rotatable bonds is 1. The van der Waals surface area contributed by atoms with Crippen LogP contribution in [0.2, 0.25) is 0 Å². The number of halogens is 1. The lowest BCUT2D eigenvalue weighted by atomic mass is 9.99. The predicted octanol–water partition coefficient (Wildman–Crippen LogP) is 0.991. The number of hydrogen-bond donors (Lipinski definition) is 1. The minimum Gasteiger partial charge on any atom is -0.624 e. The van der Waals surface area contributed by atoms with Gasteiger partial charge >= 0.3 is 5.97 Å². The number of hydrogen-bond acceptors (Lipinski definition) is 3. The van der Waals surface area contributed by atoms with Gasteiger partial charge in [-0.05, 0) is 18.2 Å². The highest BCUT2D eigenvalue weighted by atomic mass is 19.1. The molecule has 0 unspecified atom stereocenters. The molecule has 0 amide bonds. The van der Waals surface area contributed by atoms with Crippen LogP contribution in [-0.2, 0) is 4.79 Å². The summed E-state index contributed by atoms with van der Waals surface area (Å²) >= 11 is 0. The summed E-state index contributed by atoms with van der Waals surface area (Å²) in [5.74, 6) is -1.44.